The van der Waals surface area contributed by atoms with Gasteiger partial charge in [0.25, 0.3) is 11.6 Å². The van der Waals surface area contributed by atoms with E-state index in [9.17, 15) is 19.7 Å². The second kappa shape index (κ2) is 11.9. The molecule has 9 nitrogen and oxygen atoms in total. The van der Waals surface area contributed by atoms with E-state index in [4.69, 9.17) is 4.98 Å². The second-order valence-corrected chi connectivity index (χ2v) is 10.00. The molecule has 3 heterocycles. The number of hydrogen-bond donors (Lipinski definition) is 2. The number of piperidine rings is 1. The van der Waals surface area contributed by atoms with Gasteiger partial charge in [-0.05, 0) is 62.1 Å². The van der Waals surface area contributed by atoms with Crippen LogP contribution in [0.15, 0.2) is 72.9 Å². The van der Waals surface area contributed by atoms with E-state index >= 15 is 0 Å². The molecule has 2 amide bonds. The van der Waals surface area contributed by atoms with Gasteiger partial charge in [0.05, 0.1) is 21.7 Å². The van der Waals surface area contributed by atoms with Gasteiger partial charge < -0.3 is 15.2 Å². The van der Waals surface area contributed by atoms with E-state index in [0.29, 0.717) is 50.0 Å². The third-order valence-electron chi connectivity index (χ3n) is 7.40. The number of nitro benzene ring substituents is 1. The Labute approximate surface area is 232 Å². The van der Waals surface area contributed by atoms with Gasteiger partial charge in [-0.2, -0.15) is 0 Å². The number of para-hydroxylation sites is 2. The minimum atomic E-state index is -0.458. The van der Waals surface area contributed by atoms with Crippen LogP contribution >= 0.6 is 0 Å². The predicted molar refractivity (Wildman–Crippen MR) is 154 cm³/mol. The van der Waals surface area contributed by atoms with Crippen LogP contribution in [-0.2, 0) is 11.2 Å². The molecule has 0 aliphatic carbocycles. The van der Waals surface area contributed by atoms with Gasteiger partial charge >= 0.3 is 0 Å². The number of H-pyrrole nitrogens is 1. The van der Waals surface area contributed by atoms with Crippen LogP contribution in [-0.4, -0.2) is 51.2 Å². The molecular formula is C31H31N5O4. The number of fused-ring (bicyclic) bond motifs is 1. The highest BCUT2D eigenvalue weighted by Gasteiger charge is 2.27. The van der Waals surface area contributed by atoms with Crippen molar-refractivity contribution in [1.82, 2.24) is 20.2 Å². The number of nitrogens with zero attached hydrogens (tertiary/aromatic N) is 3. The molecule has 9 heteroatoms. The van der Waals surface area contributed by atoms with Gasteiger partial charge in [-0.3, -0.25) is 24.7 Å². The fourth-order valence-corrected chi connectivity index (χ4v) is 5.26. The molecule has 0 unspecified atom stereocenters. The Kier molecular flexibility index (Phi) is 8.00. The number of rotatable bonds is 8. The Bertz CT molecular complexity index is 1580. The first-order valence-electron chi connectivity index (χ1n) is 13.4. The Morgan fingerprint density at radius 1 is 1.10 bits per heavy atom. The standard InChI is InChI=1S/C31H31N5O4/c1-21-10-12-26(31(38)32-17-14-24-20-33-27-8-4-3-7-25(24)27)30(34-21)23-15-18-35(19-16-23)29(37)13-11-22-6-2-5-9-28(22)36(39)40/h2-13,20,23,33H,14-19H2,1H3,(H,32,38). The molecule has 1 aliphatic rings. The van der Waals surface area contributed by atoms with Gasteiger partial charge in [0.1, 0.15) is 0 Å². The van der Waals surface area contributed by atoms with Crippen LogP contribution in [0.4, 0.5) is 5.69 Å². The molecule has 40 heavy (non-hydrogen) atoms. The summed E-state index contributed by atoms with van der Waals surface area (Å²) in [7, 11) is 0. The molecule has 0 saturated carbocycles. The lowest BCUT2D eigenvalue weighted by molar-refractivity contribution is -0.385. The summed E-state index contributed by atoms with van der Waals surface area (Å²) in [6.07, 6.45) is 6.94. The zero-order chi connectivity index (χ0) is 28.1. The molecule has 1 fully saturated rings. The van der Waals surface area contributed by atoms with Crippen LogP contribution in [0.5, 0.6) is 0 Å². The Hall–Kier alpha value is -4.79. The average Bonchev–Trinajstić information content (AvgIpc) is 3.39. The zero-order valence-corrected chi connectivity index (χ0v) is 22.3. The van der Waals surface area contributed by atoms with E-state index in [1.807, 2.05) is 43.5 Å². The van der Waals surface area contributed by atoms with Crippen molar-refractivity contribution in [3.05, 3.63) is 111 Å². The molecule has 204 valence electrons. The van der Waals surface area contributed by atoms with E-state index < -0.39 is 4.92 Å². The van der Waals surface area contributed by atoms with Crippen LogP contribution in [0.25, 0.3) is 17.0 Å². The lowest BCUT2D eigenvalue weighted by Crippen LogP contribution is -2.37. The molecular weight excluding hydrogens is 506 g/mol. The van der Waals surface area contributed by atoms with Gasteiger partial charge in [0.2, 0.25) is 5.91 Å². The highest BCUT2D eigenvalue weighted by atomic mass is 16.6. The summed E-state index contributed by atoms with van der Waals surface area (Å²) >= 11 is 0. The summed E-state index contributed by atoms with van der Waals surface area (Å²) in [4.78, 5) is 46.5. The lowest BCUT2D eigenvalue weighted by atomic mass is 9.89. The van der Waals surface area contributed by atoms with Gasteiger partial charge in [-0.1, -0.05) is 30.3 Å². The third-order valence-corrected chi connectivity index (χ3v) is 7.40. The Morgan fingerprint density at radius 3 is 2.65 bits per heavy atom. The average molecular weight is 538 g/mol. The number of carbonyl (C=O) groups excluding carboxylic acids is 2. The normalized spacial score (nSPS) is 14.1. The third kappa shape index (κ3) is 5.93. The van der Waals surface area contributed by atoms with Gasteiger partial charge in [-0.25, -0.2) is 0 Å². The molecule has 1 saturated heterocycles. The SMILES string of the molecule is Cc1ccc(C(=O)NCCc2c[nH]c3ccccc23)c(C2CCN(C(=O)C=Cc3ccccc3[N+](=O)[O-])CC2)n1. The van der Waals surface area contributed by atoms with Crippen LogP contribution in [0, 0.1) is 17.0 Å². The quantitative estimate of drug-likeness (QED) is 0.182. The molecule has 0 bridgehead atoms. The van der Waals surface area contributed by atoms with E-state index in [1.165, 1.54) is 18.2 Å². The van der Waals surface area contributed by atoms with Crippen molar-refractivity contribution in [2.45, 2.75) is 32.1 Å². The molecule has 2 N–H and O–H groups in total. The van der Waals surface area contributed by atoms with E-state index in [2.05, 4.69) is 16.4 Å². The number of nitrogens with one attached hydrogen (secondary N) is 2. The summed E-state index contributed by atoms with van der Waals surface area (Å²) in [5, 5.41) is 15.5. The first-order chi connectivity index (χ1) is 19.4. The smallest absolute Gasteiger partial charge is 0.276 e. The predicted octanol–water partition coefficient (Wildman–Crippen LogP) is 5.17. The zero-order valence-electron chi connectivity index (χ0n) is 22.3. The van der Waals surface area contributed by atoms with E-state index in [-0.39, 0.29) is 23.4 Å². The van der Waals surface area contributed by atoms with Crippen molar-refractivity contribution in [1.29, 1.82) is 0 Å². The van der Waals surface area contributed by atoms with Crippen molar-refractivity contribution >= 4 is 34.5 Å². The molecule has 4 aromatic rings. The highest BCUT2D eigenvalue weighted by Crippen LogP contribution is 2.30. The monoisotopic (exact) mass is 537 g/mol. The number of nitro groups is 1. The molecule has 1 aliphatic heterocycles. The van der Waals surface area contributed by atoms with E-state index in [0.717, 1.165) is 27.9 Å². The van der Waals surface area contributed by atoms with Crippen molar-refractivity contribution in [3.63, 3.8) is 0 Å². The van der Waals surface area contributed by atoms with Gasteiger partial charge in [-0.15, -0.1) is 0 Å². The topological polar surface area (TPSA) is 121 Å². The Balaban J connectivity index is 1.20. The number of likely N-dealkylation sites (tertiary alicyclic amines) is 1. The molecule has 0 radical (unpaired) electrons. The summed E-state index contributed by atoms with van der Waals surface area (Å²) in [5.41, 5.74) is 4.78. The molecule has 5 rings (SSSR count). The number of amides is 2. The second-order valence-electron chi connectivity index (χ2n) is 10.00. The first-order valence-corrected chi connectivity index (χ1v) is 13.4. The highest BCUT2D eigenvalue weighted by molar-refractivity contribution is 5.95. The number of benzene rings is 2. The van der Waals surface area contributed by atoms with Crippen molar-refractivity contribution in [2.75, 3.05) is 19.6 Å². The fourth-order valence-electron chi connectivity index (χ4n) is 5.26. The fraction of sp³-hybridized carbons (Fsp3) is 0.258. The minimum absolute atomic E-state index is 0.0389. The van der Waals surface area contributed by atoms with Crippen molar-refractivity contribution < 1.29 is 14.5 Å². The van der Waals surface area contributed by atoms with Crippen LogP contribution in [0.2, 0.25) is 0 Å². The van der Waals surface area contributed by atoms with Crippen molar-refractivity contribution in [2.24, 2.45) is 0 Å². The Morgan fingerprint density at radius 2 is 1.85 bits per heavy atom. The molecule has 0 spiro atoms. The molecule has 0 atom stereocenters. The minimum Gasteiger partial charge on any atom is -0.361 e. The number of pyridine rings is 1. The van der Waals surface area contributed by atoms with Crippen LogP contribution in [0.3, 0.4) is 0 Å². The first kappa shape index (κ1) is 26.8. The lowest BCUT2D eigenvalue weighted by Gasteiger charge is -2.32. The summed E-state index contributed by atoms with van der Waals surface area (Å²) < 4.78 is 0. The number of carbonyl (C=O) groups is 2. The maximum absolute atomic E-state index is 13.2. The van der Waals surface area contributed by atoms with Crippen LogP contribution < -0.4 is 5.32 Å². The van der Waals surface area contributed by atoms with E-state index in [1.54, 1.807) is 23.1 Å². The number of aryl methyl sites for hydroxylation is 1. The number of aromatic nitrogens is 2. The summed E-state index contributed by atoms with van der Waals surface area (Å²) in [5.74, 6) is -0.283. The van der Waals surface area contributed by atoms with Gasteiger partial charge in [0.15, 0.2) is 0 Å². The molecule has 2 aromatic heterocycles. The maximum Gasteiger partial charge on any atom is 0.276 e. The van der Waals surface area contributed by atoms with Gasteiger partial charge in [0, 0.05) is 60.5 Å². The van der Waals surface area contributed by atoms with Crippen LogP contribution in [0.1, 0.15) is 51.6 Å². The maximum atomic E-state index is 13.2. The summed E-state index contributed by atoms with van der Waals surface area (Å²) in [6.45, 7) is 3.45. The number of hydrogen-bond acceptors (Lipinski definition) is 5. The number of aromatic amines is 1. The largest absolute Gasteiger partial charge is 0.361 e. The molecule has 2 aromatic carbocycles. The van der Waals surface area contributed by atoms with Crippen molar-refractivity contribution in [3.8, 4) is 0 Å². The summed E-state index contributed by atoms with van der Waals surface area (Å²) in [6, 6.07) is 18.1.